The molecule has 0 radical (unpaired) electrons. The fourth-order valence-corrected chi connectivity index (χ4v) is 3.79. The molecule has 0 aliphatic carbocycles. The standard InChI is InChI=1S/C26H22ClNO5/c1-30-23-12-17(13-24(31-2)25(23)32-3)22-14-20(19-9-4-5-10-21(19)28-22)26(29)33-15-16-7-6-8-18(27)11-16/h4-14H,15H2,1-3H3. The van der Waals surface area contributed by atoms with Crippen LogP contribution < -0.4 is 14.2 Å². The van der Waals surface area contributed by atoms with E-state index in [1.807, 2.05) is 36.4 Å². The molecule has 0 unspecified atom stereocenters. The Balaban J connectivity index is 1.77. The van der Waals surface area contributed by atoms with Gasteiger partial charge in [0.05, 0.1) is 38.1 Å². The number of benzene rings is 3. The lowest BCUT2D eigenvalue weighted by molar-refractivity contribution is 0.0475. The summed E-state index contributed by atoms with van der Waals surface area (Å²) in [4.78, 5) is 17.8. The highest BCUT2D eigenvalue weighted by atomic mass is 35.5. The summed E-state index contributed by atoms with van der Waals surface area (Å²) in [6.07, 6.45) is 0. The van der Waals surface area contributed by atoms with Crippen molar-refractivity contribution < 1.29 is 23.7 Å². The maximum atomic E-state index is 13.1. The van der Waals surface area contributed by atoms with Gasteiger partial charge in [-0.3, -0.25) is 0 Å². The zero-order valence-electron chi connectivity index (χ0n) is 18.4. The maximum Gasteiger partial charge on any atom is 0.339 e. The number of ether oxygens (including phenoxy) is 4. The Bertz CT molecular complexity index is 1300. The average Bonchev–Trinajstić information content (AvgIpc) is 2.85. The van der Waals surface area contributed by atoms with Crippen molar-refractivity contribution in [1.29, 1.82) is 0 Å². The van der Waals surface area contributed by atoms with Crippen molar-refractivity contribution in [2.75, 3.05) is 21.3 Å². The second-order valence-corrected chi connectivity index (χ2v) is 7.63. The quantitative estimate of drug-likeness (QED) is 0.316. The molecule has 0 bridgehead atoms. The number of rotatable bonds is 7. The summed E-state index contributed by atoms with van der Waals surface area (Å²) in [5.74, 6) is 1.01. The van der Waals surface area contributed by atoms with E-state index in [0.717, 1.165) is 5.56 Å². The number of hydrogen-bond donors (Lipinski definition) is 0. The Morgan fingerprint density at radius 2 is 1.61 bits per heavy atom. The largest absolute Gasteiger partial charge is 0.493 e. The third-order valence-electron chi connectivity index (χ3n) is 5.16. The molecule has 0 atom stereocenters. The van der Waals surface area contributed by atoms with Gasteiger partial charge in [-0.05, 0) is 42.0 Å². The van der Waals surface area contributed by atoms with Gasteiger partial charge in [-0.2, -0.15) is 0 Å². The summed E-state index contributed by atoms with van der Waals surface area (Å²) >= 11 is 6.04. The molecule has 1 heterocycles. The summed E-state index contributed by atoms with van der Waals surface area (Å²) in [7, 11) is 4.64. The van der Waals surface area contributed by atoms with Gasteiger partial charge in [0, 0.05) is 16.0 Å². The molecule has 168 valence electrons. The van der Waals surface area contributed by atoms with Gasteiger partial charge in [0.25, 0.3) is 0 Å². The Labute approximate surface area is 196 Å². The number of fused-ring (bicyclic) bond motifs is 1. The van der Waals surface area contributed by atoms with E-state index in [2.05, 4.69) is 0 Å². The van der Waals surface area contributed by atoms with Gasteiger partial charge >= 0.3 is 5.97 Å². The predicted molar refractivity (Wildman–Crippen MR) is 127 cm³/mol. The summed E-state index contributed by atoms with van der Waals surface area (Å²) in [6, 6.07) is 19.9. The molecule has 33 heavy (non-hydrogen) atoms. The van der Waals surface area contributed by atoms with Crippen LogP contribution in [0.2, 0.25) is 5.02 Å². The van der Waals surface area contributed by atoms with E-state index in [1.54, 1.807) is 51.7 Å². The summed E-state index contributed by atoms with van der Waals surface area (Å²) in [5, 5.41) is 1.28. The molecule has 4 aromatic rings. The van der Waals surface area contributed by atoms with E-state index < -0.39 is 5.97 Å². The van der Waals surface area contributed by atoms with Crippen molar-refractivity contribution in [2.45, 2.75) is 6.61 Å². The third kappa shape index (κ3) is 4.71. The molecule has 1 aromatic heterocycles. The average molecular weight is 464 g/mol. The van der Waals surface area contributed by atoms with Crippen molar-refractivity contribution >= 4 is 28.5 Å². The topological polar surface area (TPSA) is 66.9 Å². The van der Waals surface area contributed by atoms with E-state index in [9.17, 15) is 4.79 Å². The molecule has 4 rings (SSSR count). The molecule has 6 nitrogen and oxygen atoms in total. The highest BCUT2D eigenvalue weighted by Gasteiger charge is 2.19. The Morgan fingerprint density at radius 3 is 2.27 bits per heavy atom. The lowest BCUT2D eigenvalue weighted by Crippen LogP contribution is -2.07. The minimum absolute atomic E-state index is 0.107. The smallest absolute Gasteiger partial charge is 0.339 e. The van der Waals surface area contributed by atoms with Crippen LogP contribution in [0.15, 0.2) is 66.7 Å². The Kier molecular flexibility index (Phi) is 6.66. The van der Waals surface area contributed by atoms with Gasteiger partial charge in [-0.1, -0.05) is 41.9 Å². The van der Waals surface area contributed by atoms with E-state index >= 15 is 0 Å². The van der Waals surface area contributed by atoms with Gasteiger partial charge in [0.2, 0.25) is 5.75 Å². The van der Waals surface area contributed by atoms with Crippen molar-refractivity contribution in [3.63, 3.8) is 0 Å². The molecule has 0 saturated carbocycles. The highest BCUT2D eigenvalue weighted by Crippen LogP contribution is 2.41. The second-order valence-electron chi connectivity index (χ2n) is 7.19. The first kappa shape index (κ1) is 22.4. The third-order valence-corrected chi connectivity index (χ3v) is 5.39. The zero-order chi connectivity index (χ0) is 23.4. The first-order valence-corrected chi connectivity index (χ1v) is 10.5. The van der Waals surface area contributed by atoms with Crippen molar-refractivity contribution in [3.05, 3.63) is 82.9 Å². The van der Waals surface area contributed by atoms with Crippen LogP contribution in [0, 0.1) is 0 Å². The summed E-state index contributed by atoms with van der Waals surface area (Å²) < 4.78 is 21.9. The fraction of sp³-hybridized carbons (Fsp3) is 0.154. The molecule has 0 aliphatic rings. The Morgan fingerprint density at radius 1 is 0.879 bits per heavy atom. The van der Waals surface area contributed by atoms with Crippen LogP contribution in [-0.4, -0.2) is 32.3 Å². The predicted octanol–water partition coefficient (Wildman–Crippen LogP) is 5.94. The van der Waals surface area contributed by atoms with Crippen LogP contribution >= 0.6 is 11.6 Å². The number of methoxy groups -OCH3 is 3. The minimum Gasteiger partial charge on any atom is -0.493 e. The number of nitrogens with zero attached hydrogens (tertiary/aromatic N) is 1. The minimum atomic E-state index is -0.456. The summed E-state index contributed by atoms with van der Waals surface area (Å²) in [5.41, 5.74) is 3.16. The maximum absolute atomic E-state index is 13.1. The number of carbonyl (C=O) groups is 1. The molecule has 3 aromatic carbocycles. The molecule has 0 aliphatic heterocycles. The van der Waals surface area contributed by atoms with Gasteiger partial charge in [0.1, 0.15) is 6.61 Å². The van der Waals surface area contributed by atoms with Crippen molar-refractivity contribution in [1.82, 2.24) is 4.98 Å². The van der Waals surface area contributed by atoms with Crippen molar-refractivity contribution in [3.8, 4) is 28.5 Å². The first-order valence-electron chi connectivity index (χ1n) is 10.2. The van der Waals surface area contributed by atoms with Crippen LogP contribution in [-0.2, 0) is 11.3 Å². The first-order chi connectivity index (χ1) is 16.0. The molecule has 0 N–H and O–H groups in total. The molecular formula is C26H22ClNO5. The van der Waals surface area contributed by atoms with Gasteiger partial charge in [0.15, 0.2) is 11.5 Å². The lowest BCUT2D eigenvalue weighted by atomic mass is 10.0. The van der Waals surface area contributed by atoms with E-state index in [4.69, 9.17) is 35.5 Å². The van der Waals surface area contributed by atoms with Crippen LogP contribution in [0.4, 0.5) is 0 Å². The molecule has 0 spiro atoms. The Hall–Kier alpha value is -3.77. The van der Waals surface area contributed by atoms with Crippen LogP contribution in [0.3, 0.4) is 0 Å². The summed E-state index contributed by atoms with van der Waals surface area (Å²) in [6.45, 7) is 0.107. The van der Waals surface area contributed by atoms with E-state index in [-0.39, 0.29) is 6.61 Å². The number of para-hydroxylation sites is 1. The number of hydrogen-bond acceptors (Lipinski definition) is 6. The van der Waals surface area contributed by atoms with Crippen LogP contribution in [0.1, 0.15) is 15.9 Å². The van der Waals surface area contributed by atoms with E-state index in [1.165, 1.54) is 0 Å². The second kappa shape index (κ2) is 9.79. The number of pyridine rings is 1. The van der Waals surface area contributed by atoms with Gasteiger partial charge in [-0.15, -0.1) is 0 Å². The molecular weight excluding hydrogens is 442 g/mol. The number of aromatic nitrogens is 1. The highest BCUT2D eigenvalue weighted by molar-refractivity contribution is 6.30. The van der Waals surface area contributed by atoms with Crippen LogP contribution in [0.25, 0.3) is 22.2 Å². The van der Waals surface area contributed by atoms with Crippen LogP contribution in [0.5, 0.6) is 17.2 Å². The van der Waals surface area contributed by atoms with E-state index in [0.29, 0.717) is 50.0 Å². The van der Waals surface area contributed by atoms with Crippen molar-refractivity contribution in [2.24, 2.45) is 0 Å². The molecule has 0 fully saturated rings. The van der Waals surface area contributed by atoms with Gasteiger partial charge in [-0.25, -0.2) is 9.78 Å². The fourth-order valence-electron chi connectivity index (χ4n) is 3.57. The molecule has 7 heteroatoms. The van der Waals surface area contributed by atoms with Gasteiger partial charge < -0.3 is 18.9 Å². The number of esters is 1. The monoisotopic (exact) mass is 463 g/mol. The number of halogens is 1. The molecule has 0 amide bonds. The SMILES string of the molecule is COc1cc(-c2cc(C(=O)OCc3cccc(Cl)c3)c3ccccc3n2)cc(OC)c1OC. The molecule has 0 saturated heterocycles. The zero-order valence-corrected chi connectivity index (χ0v) is 19.2. The lowest BCUT2D eigenvalue weighted by Gasteiger charge is -2.15. The normalized spacial score (nSPS) is 10.7. The number of carbonyl (C=O) groups excluding carboxylic acids is 1.